The number of ether oxygens (including phenoxy) is 4. The van der Waals surface area contributed by atoms with Gasteiger partial charge in [-0.15, -0.1) is 0 Å². The molecule has 17 nitrogen and oxygen atoms in total. The van der Waals surface area contributed by atoms with E-state index in [2.05, 4.69) is 174 Å². The van der Waals surface area contributed by atoms with Crippen LogP contribution in [0.2, 0.25) is 0 Å². The topological polar surface area (TPSA) is 237 Å². The lowest BCUT2D eigenvalue weighted by atomic mass is 10.1. The highest BCUT2D eigenvalue weighted by molar-refractivity contribution is 7.47. The van der Waals surface area contributed by atoms with E-state index in [0.717, 1.165) is 193 Å². The summed E-state index contributed by atoms with van der Waals surface area (Å²) >= 11 is 0. The molecule has 5 atom stereocenters. The second-order valence-electron chi connectivity index (χ2n) is 25.9. The number of hydrogen-bond donors (Lipinski definition) is 3. The van der Waals surface area contributed by atoms with Crippen molar-refractivity contribution in [1.82, 2.24) is 0 Å². The van der Waals surface area contributed by atoms with E-state index < -0.39 is 97.5 Å². The van der Waals surface area contributed by atoms with Gasteiger partial charge in [-0.25, -0.2) is 9.13 Å². The normalized spacial score (nSPS) is 14.7. The Morgan fingerprint density at radius 1 is 0.279 bits per heavy atom. The summed E-state index contributed by atoms with van der Waals surface area (Å²) in [6, 6.07) is 0. The van der Waals surface area contributed by atoms with Crippen LogP contribution >= 0.6 is 15.6 Å². The third-order valence-corrected chi connectivity index (χ3v) is 17.8. The Morgan fingerprint density at radius 3 is 0.846 bits per heavy atom. The van der Waals surface area contributed by atoms with Crippen LogP contribution in [0.5, 0.6) is 0 Å². The van der Waals surface area contributed by atoms with E-state index in [1.165, 1.54) is 19.3 Å². The maximum absolute atomic E-state index is 13.1. The van der Waals surface area contributed by atoms with E-state index >= 15 is 0 Å². The van der Waals surface area contributed by atoms with Crippen molar-refractivity contribution in [3.8, 4) is 0 Å². The molecular weight excluding hydrogens is 1350 g/mol. The molecule has 104 heavy (non-hydrogen) atoms. The summed E-state index contributed by atoms with van der Waals surface area (Å²) in [4.78, 5) is 73.0. The third-order valence-electron chi connectivity index (χ3n) is 15.9. The molecule has 0 bridgehead atoms. The fourth-order valence-corrected chi connectivity index (χ4v) is 11.5. The second-order valence-corrected chi connectivity index (χ2v) is 28.8. The monoisotopic (exact) mass is 1490 g/mol. The van der Waals surface area contributed by atoms with Crippen LogP contribution in [0, 0.1) is 0 Å². The summed E-state index contributed by atoms with van der Waals surface area (Å²) in [6.45, 7) is 4.44. The maximum Gasteiger partial charge on any atom is 0.472 e. The molecule has 0 aliphatic heterocycles. The SMILES string of the molecule is CC/C=C\C/C=C\C/C=C\C/C=C\C/C=C\CCCC(=O)OCC(COP(=O)(O)OCC(O)COP(=O)(O)OCC(COC(=O)CCCCCCCC/C=C\C/C=C\C/C=C\C/C=C\CC)OC(=O)CCCCCCC/C=C\C/C=C\CCCCC)OC(=O)CCCCCCC/C=C\C/C=C\CCC. The molecule has 0 amide bonds. The molecule has 3 N–H and O–H groups in total. The van der Waals surface area contributed by atoms with Crippen molar-refractivity contribution in [3.63, 3.8) is 0 Å². The van der Waals surface area contributed by atoms with Gasteiger partial charge in [-0.2, -0.15) is 0 Å². The summed E-state index contributed by atoms with van der Waals surface area (Å²) in [5.74, 6) is -2.30. The quantitative estimate of drug-likeness (QED) is 0.0169. The van der Waals surface area contributed by atoms with E-state index in [0.29, 0.717) is 32.1 Å². The first-order chi connectivity index (χ1) is 50.7. The van der Waals surface area contributed by atoms with Crippen molar-refractivity contribution >= 4 is 39.5 Å². The minimum Gasteiger partial charge on any atom is -0.462 e. The van der Waals surface area contributed by atoms with E-state index in [4.69, 9.17) is 37.0 Å². The van der Waals surface area contributed by atoms with Gasteiger partial charge in [0.05, 0.1) is 26.4 Å². The molecule has 592 valence electrons. The third kappa shape index (κ3) is 74.9. The molecule has 19 heteroatoms. The number of phosphoric acid groups is 2. The molecule has 5 unspecified atom stereocenters. The van der Waals surface area contributed by atoms with Crippen LogP contribution in [0.1, 0.15) is 297 Å². The smallest absolute Gasteiger partial charge is 0.462 e. The van der Waals surface area contributed by atoms with Crippen LogP contribution in [0.3, 0.4) is 0 Å². The van der Waals surface area contributed by atoms with Gasteiger partial charge in [0.2, 0.25) is 0 Å². The van der Waals surface area contributed by atoms with Crippen LogP contribution in [-0.2, 0) is 65.4 Å². The van der Waals surface area contributed by atoms with Gasteiger partial charge >= 0.3 is 39.5 Å². The zero-order valence-electron chi connectivity index (χ0n) is 64.6. The fraction of sp³-hybridized carbons (Fsp3) is 0.647. The van der Waals surface area contributed by atoms with Gasteiger partial charge in [0.25, 0.3) is 0 Å². The summed E-state index contributed by atoms with van der Waals surface area (Å²) in [7, 11) is -9.99. The lowest BCUT2D eigenvalue weighted by molar-refractivity contribution is -0.161. The van der Waals surface area contributed by atoms with Gasteiger partial charge in [-0.05, 0) is 161 Å². The number of esters is 4. The molecule has 0 rings (SSSR count). The van der Waals surface area contributed by atoms with Crippen LogP contribution < -0.4 is 0 Å². The molecule has 0 saturated heterocycles. The molecule has 0 radical (unpaired) electrons. The average Bonchev–Trinajstić information content (AvgIpc) is 0.918. The first kappa shape index (κ1) is 98.7. The molecule has 0 aliphatic rings. The van der Waals surface area contributed by atoms with E-state index in [-0.39, 0.29) is 25.7 Å². The van der Waals surface area contributed by atoms with E-state index in [9.17, 15) is 43.2 Å². The first-order valence-electron chi connectivity index (χ1n) is 39.7. The van der Waals surface area contributed by atoms with Crippen LogP contribution in [0.15, 0.2) is 158 Å². The maximum atomic E-state index is 13.1. The lowest BCUT2D eigenvalue weighted by Gasteiger charge is -2.21. The summed E-state index contributed by atoms with van der Waals surface area (Å²) in [5, 5.41) is 10.6. The van der Waals surface area contributed by atoms with Gasteiger partial charge < -0.3 is 33.8 Å². The van der Waals surface area contributed by atoms with Crippen molar-refractivity contribution in [2.45, 2.75) is 316 Å². The predicted molar refractivity (Wildman–Crippen MR) is 427 cm³/mol. The Labute approximate surface area is 629 Å². The zero-order valence-corrected chi connectivity index (χ0v) is 66.4. The van der Waals surface area contributed by atoms with E-state index in [1.807, 2.05) is 12.2 Å². The molecule has 0 heterocycles. The van der Waals surface area contributed by atoms with Crippen LogP contribution in [0.4, 0.5) is 0 Å². The van der Waals surface area contributed by atoms with Crippen molar-refractivity contribution < 1.29 is 80.2 Å². The number of hydrogen-bond acceptors (Lipinski definition) is 15. The van der Waals surface area contributed by atoms with Crippen molar-refractivity contribution in [2.24, 2.45) is 0 Å². The number of allylic oxidation sites excluding steroid dienone is 26. The highest BCUT2D eigenvalue weighted by Crippen LogP contribution is 2.45. The largest absolute Gasteiger partial charge is 0.472 e. The Morgan fingerprint density at radius 2 is 0.529 bits per heavy atom. The standard InChI is InChI=1S/C85H140O17P2/c1-5-9-13-17-21-25-29-33-36-38-39-41-44-47-50-54-58-62-66-70-83(88)96-76-81(102-85(90)72-68-64-60-56-52-48-42-35-31-27-23-19-15-11-7-3)78-100-104(93,94)98-74-79(86)73-97-103(91,92)99-77-80(101-84(89)71-67-63-59-55-51-45-32-28-24-20-16-12-8-4)75-95-82(87)69-65-61-57-53-49-46-43-40-37-34-30-26-22-18-14-10-6-2/h9-10,13-14,16,20-23,25-28,32-37,39,41-43,46,53,57,79-81,86H,5-8,11-12,15,17-19,24,29-31,38,40,44-45,47-52,54-56,58-78H2,1-4H3,(H,91,92)(H,93,94)/b13-9-,14-10-,20-16-,25-21-,26-22-,27-23-,32-28-,36-33-,37-34-,41-39-,42-35-,46-43-,57-53-. The van der Waals surface area contributed by atoms with Gasteiger partial charge in [-0.3, -0.25) is 37.3 Å². The molecule has 0 aliphatic carbocycles. The highest BCUT2D eigenvalue weighted by Gasteiger charge is 2.30. The molecule has 0 aromatic rings. The number of rotatable bonds is 73. The van der Waals surface area contributed by atoms with Gasteiger partial charge in [0.15, 0.2) is 12.2 Å². The van der Waals surface area contributed by atoms with Crippen LogP contribution in [-0.4, -0.2) is 96.7 Å². The van der Waals surface area contributed by atoms with Gasteiger partial charge in [0, 0.05) is 25.7 Å². The molecule has 0 saturated carbocycles. The number of carbonyl (C=O) groups is 4. The number of aliphatic hydroxyl groups is 1. The van der Waals surface area contributed by atoms with Crippen molar-refractivity contribution in [3.05, 3.63) is 158 Å². The molecule has 0 aromatic carbocycles. The lowest BCUT2D eigenvalue weighted by Crippen LogP contribution is -2.30. The zero-order chi connectivity index (χ0) is 76.0. The summed E-state index contributed by atoms with van der Waals surface area (Å²) in [6.07, 6.45) is 88.0. The number of aliphatic hydroxyl groups excluding tert-OH is 1. The first-order valence-corrected chi connectivity index (χ1v) is 42.7. The Bertz CT molecular complexity index is 2590. The highest BCUT2D eigenvalue weighted by atomic mass is 31.2. The van der Waals surface area contributed by atoms with Crippen LogP contribution in [0.25, 0.3) is 0 Å². The molecular formula is C85H140O17P2. The Kier molecular flexibility index (Phi) is 72.0. The van der Waals surface area contributed by atoms with E-state index in [1.54, 1.807) is 0 Å². The average molecular weight is 1500 g/mol. The number of carbonyl (C=O) groups excluding carboxylic acids is 4. The minimum absolute atomic E-state index is 0.0612. The number of unbranched alkanes of at least 4 members (excludes halogenated alkanes) is 21. The molecule has 0 fully saturated rings. The Balaban J connectivity index is 5.43. The predicted octanol–water partition coefficient (Wildman–Crippen LogP) is 23.2. The fourth-order valence-electron chi connectivity index (χ4n) is 9.96. The summed E-state index contributed by atoms with van der Waals surface area (Å²) in [5.41, 5.74) is 0. The molecule has 0 aromatic heterocycles. The Hall–Kier alpha value is -5.32. The van der Waals surface area contributed by atoms with Crippen molar-refractivity contribution in [2.75, 3.05) is 39.6 Å². The second kappa shape index (κ2) is 75.9. The van der Waals surface area contributed by atoms with Crippen molar-refractivity contribution in [1.29, 1.82) is 0 Å². The van der Waals surface area contributed by atoms with Gasteiger partial charge in [0.1, 0.15) is 19.3 Å². The molecule has 0 spiro atoms. The van der Waals surface area contributed by atoms with Gasteiger partial charge in [-0.1, -0.05) is 269 Å². The minimum atomic E-state index is -5.00. The number of phosphoric ester groups is 2. The summed E-state index contributed by atoms with van der Waals surface area (Å²) < 4.78 is 68.5.